The van der Waals surface area contributed by atoms with Crippen LogP contribution in [0.25, 0.3) is 21.5 Å². The molecule has 8 rings (SSSR count). The molecular formula is C48H32N4O4. The van der Waals surface area contributed by atoms with Crippen LogP contribution in [-0.4, -0.2) is 24.4 Å². The highest BCUT2D eigenvalue weighted by Gasteiger charge is 2.13. The van der Waals surface area contributed by atoms with E-state index in [1.807, 2.05) is 109 Å². The number of carbonyl (C=O) groups is 2. The van der Waals surface area contributed by atoms with E-state index in [2.05, 4.69) is 10.2 Å². The van der Waals surface area contributed by atoms with Gasteiger partial charge in [0.2, 0.25) is 0 Å². The molecule has 0 unspecified atom stereocenters. The molecule has 0 N–H and O–H groups in total. The van der Waals surface area contributed by atoms with Gasteiger partial charge in [-0.3, -0.25) is 9.98 Å². The van der Waals surface area contributed by atoms with Crippen LogP contribution in [0.4, 0.5) is 22.7 Å². The highest BCUT2D eigenvalue weighted by atomic mass is 16.5. The molecule has 8 heteroatoms. The van der Waals surface area contributed by atoms with Crippen LogP contribution in [0.15, 0.2) is 202 Å². The van der Waals surface area contributed by atoms with Gasteiger partial charge in [-0.2, -0.15) is 10.2 Å². The van der Waals surface area contributed by atoms with Gasteiger partial charge in [-0.25, -0.2) is 9.59 Å². The lowest BCUT2D eigenvalue weighted by Crippen LogP contribution is -2.09. The normalized spacial score (nSPS) is 11.5. The van der Waals surface area contributed by atoms with Crippen molar-refractivity contribution in [2.45, 2.75) is 0 Å². The average molecular weight is 729 g/mol. The van der Waals surface area contributed by atoms with E-state index < -0.39 is 11.9 Å². The fourth-order valence-corrected chi connectivity index (χ4v) is 6.04. The Labute approximate surface area is 322 Å². The number of benzene rings is 8. The Hall–Kier alpha value is -7.84. The lowest BCUT2D eigenvalue weighted by Gasteiger charge is -2.08. The van der Waals surface area contributed by atoms with Crippen molar-refractivity contribution in [1.29, 1.82) is 0 Å². The predicted octanol–water partition coefficient (Wildman–Crippen LogP) is 12.3. The number of esters is 2. The molecule has 0 aromatic heterocycles. The summed E-state index contributed by atoms with van der Waals surface area (Å²) in [6, 6.07) is 55.8. The lowest BCUT2D eigenvalue weighted by molar-refractivity contribution is 0.0725. The van der Waals surface area contributed by atoms with Gasteiger partial charge in [-0.15, -0.1) is 0 Å². The van der Waals surface area contributed by atoms with E-state index in [9.17, 15) is 9.59 Å². The number of ether oxygens (including phenoxy) is 2. The molecule has 0 amide bonds. The summed E-state index contributed by atoms with van der Waals surface area (Å²) in [5.41, 5.74) is 4.77. The summed E-state index contributed by atoms with van der Waals surface area (Å²) in [6.07, 6.45) is 3.40. The monoisotopic (exact) mass is 728 g/mol. The molecule has 0 saturated carbocycles. The zero-order chi connectivity index (χ0) is 38.1. The molecule has 0 aliphatic carbocycles. The van der Waals surface area contributed by atoms with Crippen molar-refractivity contribution in [2.75, 3.05) is 0 Å². The van der Waals surface area contributed by atoms with Crippen LogP contribution in [0.1, 0.15) is 31.8 Å². The Kier molecular flexibility index (Phi) is 10.3. The molecule has 0 atom stereocenters. The van der Waals surface area contributed by atoms with Gasteiger partial charge >= 0.3 is 11.9 Å². The second-order valence-electron chi connectivity index (χ2n) is 12.7. The Balaban J connectivity index is 0.886. The standard InChI is InChI=1S/C48H32N4O4/c53-47(55-45-21-7-3-13-37(45)31-49-43-19-9-15-33-11-1-5-17-41(33)43)35-23-27-39(28-24-35)51-52-40-29-25-36(26-30-40)48(54)56-46-22-8-4-14-38(46)32-50-44-20-10-16-34-12-2-6-18-42(34)44/h1-32H. The van der Waals surface area contributed by atoms with Crippen molar-refractivity contribution in [2.24, 2.45) is 20.2 Å². The number of para-hydroxylation sites is 2. The molecule has 0 heterocycles. The summed E-state index contributed by atoms with van der Waals surface area (Å²) >= 11 is 0. The van der Waals surface area contributed by atoms with Crippen molar-refractivity contribution in [1.82, 2.24) is 0 Å². The minimum absolute atomic E-state index is 0.356. The number of hydrogen-bond acceptors (Lipinski definition) is 8. The first-order chi connectivity index (χ1) is 27.6. The first-order valence-corrected chi connectivity index (χ1v) is 17.9. The van der Waals surface area contributed by atoms with Gasteiger partial charge in [0, 0.05) is 34.3 Å². The maximum atomic E-state index is 13.1. The van der Waals surface area contributed by atoms with Crippen molar-refractivity contribution >= 4 is 68.7 Å². The molecule has 0 saturated heterocycles. The van der Waals surface area contributed by atoms with Crippen molar-refractivity contribution in [3.63, 3.8) is 0 Å². The molecule has 8 nitrogen and oxygen atoms in total. The molecule has 0 aliphatic rings. The molecule has 0 spiro atoms. The second kappa shape index (κ2) is 16.4. The largest absolute Gasteiger partial charge is 0.422 e. The van der Waals surface area contributed by atoms with Crippen molar-refractivity contribution < 1.29 is 19.1 Å². The van der Waals surface area contributed by atoms with Crippen molar-refractivity contribution in [3.8, 4) is 11.5 Å². The van der Waals surface area contributed by atoms with Crippen LogP contribution < -0.4 is 9.47 Å². The number of rotatable bonds is 10. The fourth-order valence-electron chi connectivity index (χ4n) is 6.04. The minimum atomic E-state index is -0.512. The number of aliphatic imine (C=N–C) groups is 2. The topological polar surface area (TPSA) is 102 Å². The molecular weight excluding hydrogens is 697 g/mol. The molecule has 0 bridgehead atoms. The van der Waals surface area contributed by atoms with Crippen LogP contribution in [0, 0.1) is 0 Å². The summed E-state index contributed by atoms with van der Waals surface area (Å²) in [5, 5.41) is 12.8. The zero-order valence-electron chi connectivity index (χ0n) is 29.9. The maximum Gasteiger partial charge on any atom is 0.343 e. The van der Waals surface area contributed by atoms with Gasteiger partial charge in [0.15, 0.2) is 0 Å². The predicted molar refractivity (Wildman–Crippen MR) is 222 cm³/mol. The molecule has 8 aromatic carbocycles. The van der Waals surface area contributed by atoms with E-state index in [1.165, 1.54) is 0 Å². The number of fused-ring (bicyclic) bond motifs is 2. The van der Waals surface area contributed by atoms with E-state index >= 15 is 0 Å². The summed E-state index contributed by atoms with van der Waals surface area (Å²) in [6.45, 7) is 0. The SMILES string of the molecule is O=C(Oc1ccccc1C=Nc1cccc2ccccc12)c1ccc(N=Nc2ccc(C(=O)Oc3ccccc3C=Nc3cccc4ccccc34)cc2)cc1. The number of hydrogen-bond donors (Lipinski definition) is 0. The average Bonchev–Trinajstić information content (AvgIpc) is 3.25. The van der Waals surface area contributed by atoms with Crippen LogP contribution in [0.3, 0.4) is 0 Å². The molecule has 268 valence electrons. The Bertz CT molecular complexity index is 2590. The number of carbonyl (C=O) groups excluding carboxylic acids is 2. The molecule has 8 aromatic rings. The Morgan fingerprint density at radius 3 is 1.21 bits per heavy atom. The van der Waals surface area contributed by atoms with E-state index in [1.54, 1.807) is 85.2 Å². The van der Waals surface area contributed by atoms with Gasteiger partial charge in [-0.1, -0.05) is 97.1 Å². The van der Waals surface area contributed by atoms with Crippen molar-refractivity contribution in [3.05, 3.63) is 204 Å². The van der Waals surface area contributed by atoms with Gasteiger partial charge in [0.25, 0.3) is 0 Å². The van der Waals surface area contributed by atoms with E-state index in [4.69, 9.17) is 19.5 Å². The molecule has 56 heavy (non-hydrogen) atoms. The summed E-state index contributed by atoms with van der Waals surface area (Å²) < 4.78 is 11.5. The fraction of sp³-hybridized carbons (Fsp3) is 0. The van der Waals surface area contributed by atoms with Gasteiger partial charge in [0.1, 0.15) is 11.5 Å². The highest BCUT2D eigenvalue weighted by Crippen LogP contribution is 2.29. The first kappa shape index (κ1) is 35.2. The Morgan fingerprint density at radius 1 is 0.393 bits per heavy atom. The van der Waals surface area contributed by atoms with Crippen LogP contribution in [0.5, 0.6) is 11.5 Å². The van der Waals surface area contributed by atoms with E-state index in [0.29, 0.717) is 45.1 Å². The number of azo groups is 1. The van der Waals surface area contributed by atoms with E-state index in [0.717, 1.165) is 32.9 Å². The smallest absolute Gasteiger partial charge is 0.343 e. The highest BCUT2D eigenvalue weighted by molar-refractivity contribution is 5.98. The van der Waals surface area contributed by atoms with Crippen LogP contribution in [-0.2, 0) is 0 Å². The Morgan fingerprint density at radius 2 is 0.768 bits per heavy atom. The second-order valence-corrected chi connectivity index (χ2v) is 12.7. The molecule has 0 aliphatic heterocycles. The summed E-state index contributed by atoms with van der Waals surface area (Å²) in [7, 11) is 0. The minimum Gasteiger partial charge on any atom is -0.422 e. The van der Waals surface area contributed by atoms with Gasteiger partial charge < -0.3 is 9.47 Å². The summed E-state index contributed by atoms with van der Waals surface area (Å²) in [5.74, 6) is -0.233. The maximum absolute atomic E-state index is 13.1. The third kappa shape index (κ3) is 8.20. The quantitative estimate of drug-likeness (QED) is 0.0605. The zero-order valence-corrected chi connectivity index (χ0v) is 29.9. The first-order valence-electron chi connectivity index (χ1n) is 17.9. The van der Waals surface area contributed by atoms with E-state index in [-0.39, 0.29) is 0 Å². The lowest BCUT2D eigenvalue weighted by atomic mass is 10.1. The molecule has 0 fully saturated rings. The third-order valence-electron chi connectivity index (χ3n) is 8.95. The number of nitrogens with zero attached hydrogens (tertiary/aromatic N) is 4. The third-order valence-corrected chi connectivity index (χ3v) is 8.95. The van der Waals surface area contributed by atoms with Gasteiger partial charge in [-0.05, 0) is 95.7 Å². The summed E-state index contributed by atoms with van der Waals surface area (Å²) in [4.78, 5) is 35.6. The van der Waals surface area contributed by atoms with Crippen LogP contribution >= 0.6 is 0 Å². The molecule has 0 radical (unpaired) electrons. The van der Waals surface area contributed by atoms with Crippen LogP contribution in [0.2, 0.25) is 0 Å². The van der Waals surface area contributed by atoms with Gasteiger partial charge in [0.05, 0.1) is 33.9 Å².